The Kier molecular flexibility index (Phi) is 5.17. The zero-order chi connectivity index (χ0) is 15.4. The van der Waals surface area contributed by atoms with Gasteiger partial charge in [-0.3, -0.25) is 4.79 Å². The fraction of sp³-hybridized carbons (Fsp3) is 0.562. The van der Waals surface area contributed by atoms with Crippen LogP contribution in [0.15, 0.2) is 18.2 Å². The summed E-state index contributed by atoms with van der Waals surface area (Å²) in [6, 6.07) is 5.37. The summed E-state index contributed by atoms with van der Waals surface area (Å²) in [4.78, 5) is 13.3. The molecule has 1 aromatic carbocycles. The predicted octanol–water partition coefficient (Wildman–Crippen LogP) is 2.18. The molecule has 0 bridgehead atoms. The summed E-state index contributed by atoms with van der Waals surface area (Å²) in [7, 11) is 1.46. The van der Waals surface area contributed by atoms with Crippen molar-refractivity contribution < 1.29 is 13.9 Å². The molecular formula is C16H23FN2O2. The lowest BCUT2D eigenvalue weighted by molar-refractivity contribution is -0.130. The third-order valence-corrected chi connectivity index (χ3v) is 4.14. The molecule has 0 aromatic heterocycles. The van der Waals surface area contributed by atoms with Crippen LogP contribution in [0.25, 0.3) is 0 Å². The van der Waals surface area contributed by atoms with Gasteiger partial charge in [0.2, 0.25) is 5.91 Å². The molecule has 1 saturated heterocycles. The van der Waals surface area contributed by atoms with Crippen molar-refractivity contribution in [1.82, 2.24) is 10.2 Å². The summed E-state index contributed by atoms with van der Waals surface area (Å²) >= 11 is 0. The van der Waals surface area contributed by atoms with Crippen LogP contribution in [0, 0.1) is 11.7 Å². The Hall–Kier alpha value is -1.62. The first kappa shape index (κ1) is 15.8. The van der Waals surface area contributed by atoms with Crippen molar-refractivity contribution in [1.29, 1.82) is 0 Å². The van der Waals surface area contributed by atoms with Gasteiger partial charge >= 0.3 is 0 Å². The second-order valence-electron chi connectivity index (χ2n) is 5.69. The Morgan fingerprint density at radius 2 is 2.29 bits per heavy atom. The Bertz CT molecular complexity index is 507. The van der Waals surface area contributed by atoms with E-state index >= 15 is 0 Å². The predicted molar refractivity (Wildman–Crippen MR) is 79.6 cm³/mol. The molecule has 4 nitrogen and oxygen atoms in total. The normalized spacial score (nSPS) is 22.2. The molecule has 1 N–H and O–H groups in total. The van der Waals surface area contributed by atoms with E-state index in [0.717, 1.165) is 25.1 Å². The van der Waals surface area contributed by atoms with E-state index in [4.69, 9.17) is 4.74 Å². The first-order valence-electron chi connectivity index (χ1n) is 7.32. The molecule has 2 atom stereocenters. The number of nitrogens with zero attached hydrogens (tertiary/aromatic N) is 1. The number of likely N-dealkylation sites (tertiary alicyclic amines) is 1. The number of halogens is 1. The quantitative estimate of drug-likeness (QED) is 0.925. The van der Waals surface area contributed by atoms with Crippen LogP contribution >= 0.6 is 0 Å². The van der Waals surface area contributed by atoms with E-state index in [0.29, 0.717) is 18.5 Å². The summed E-state index contributed by atoms with van der Waals surface area (Å²) in [5, 5.41) is 3.47. The van der Waals surface area contributed by atoms with Gasteiger partial charge in [0.15, 0.2) is 11.6 Å². The molecular weight excluding hydrogens is 271 g/mol. The minimum atomic E-state index is -0.337. The van der Waals surface area contributed by atoms with Crippen LogP contribution in [-0.2, 0) is 11.3 Å². The number of hydrogen-bond acceptors (Lipinski definition) is 3. The van der Waals surface area contributed by atoms with Gasteiger partial charge in [-0.25, -0.2) is 4.39 Å². The Morgan fingerprint density at radius 3 is 2.86 bits per heavy atom. The van der Waals surface area contributed by atoms with E-state index < -0.39 is 0 Å². The first-order chi connectivity index (χ1) is 10.0. The van der Waals surface area contributed by atoms with Crippen molar-refractivity contribution >= 4 is 5.91 Å². The van der Waals surface area contributed by atoms with Gasteiger partial charge in [0.05, 0.1) is 7.11 Å². The molecule has 1 heterocycles. The molecule has 0 saturated carbocycles. The van der Waals surface area contributed by atoms with Crippen molar-refractivity contribution in [2.24, 2.45) is 5.92 Å². The highest BCUT2D eigenvalue weighted by atomic mass is 19.1. The van der Waals surface area contributed by atoms with Gasteiger partial charge < -0.3 is 15.0 Å². The monoisotopic (exact) mass is 294 g/mol. The summed E-state index contributed by atoms with van der Waals surface area (Å²) in [5.41, 5.74) is 0.898. The number of carbonyl (C=O) groups is 1. The zero-order valence-corrected chi connectivity index (χ0v) is 12.9. The van der Waals surface area contributed by atoms with Crippen molar-refractivity contribution in [3.8, 4) is 5.75 Å². The lowest BCUT2D eigenvalue weighted by atomic mass is 9.93. The van der Waals surface area contributed by atoms with E-state index in [1.807, 2.05) is 11.0 Å². The average molecular weight is 294 g/mol. The second-order valence-corrected chi connectivity index (χ2v) is 5.69. The maximum atomic E-state index is 13.6. The van der Waals surface area contributed by atoms with Crippen LogP contribution in [0.1, 0.15) is 25.8 Å². The number of nitrogens with one attached hydrogen (secondary N) is 1. The smallest absolute Gasteiger partial charge is 0.219 e. The number of piperidine rings is 1. The van der Waals surface area contributed by atoms with Gasteiger partial charge in [0.25, 0.3) is 0 Å². The summed E-state index contributed by atoms with van der Waals surface area (Å²) in [6.45, 7) is 5.94. The zero-order valence-electron chi connectivity index (χ0n) is 12.9. The minimum Gasteiger partial charge on any atom is -0.494 e. The van der Waals surface area contributed by atoms with E-state index in [1.165, 1.54) is 13.2 Å². The highest BCUT2D eigenvalue weighted by molar-refractivity contribution is 5.73. The average Bonchev–Trinajstić information content (AvgIpc) is 2.46. The standard InChI is InChI=1S/C16H23FN2O2/c1-11-10-19(12(2)20)7-6-15(11)18-9-13-4-5-16(21-3)14(17)8-13/h4-5,8,11,15,18H,6-7,9-10H2,1-3H3/t11-,15-/m0/s1. The largest absolute Gasteiger partial charge is 0.494 e. The Morgan fingerprint density at radius 1 is 1.52 bits per heavy atom. The Labute approximate surface area is 125 Å². The van der Waals surface area contributed by atoms with E-state index in [9.17, 15) is 9.18 Å². The SMILES string of the molecule is COc1ccc(CN[C@H]2CCN(C(C)=O)C[C@@H]2C)cc1F. The number of amides is 1. The molecule has 1 fully saturated rings. The van der Waals surface area contributed by atoms with Crippen LogP contribution in [0.5, 0.6) is 5.75 Å². The van der Waals surface area contributed by atoms with Crippen molar-refractivity contribution in [3.63, 3.8) is 0 Å². The molecule has 0 aliphatic carbocycles. The van der Waals surface area contributed by atoms with Gasteiger partial charge in [-0.1, -0.05) is 13.0 Å². The minimum absolute atomic E-state index is 0.137. The van der Waals surface area contributed by atoms with Crippen molar-refractivity contribution in [3.05, 3.63) is 29.6 Å². The molecule has 5 heteroatoms. The van der Waals surface area contributed by atoms with E-state index in [1.54, 1.807) is 13.0 Å². The van der Waals surface area contributed by atoms with Crippen molar-refractivity contribution in [2.75, 3.05) is 20.2 Å². The number of ether oxygens (including phenoxy) is 1. The number of methoxy groups -OCH3 is 1. The first-order valence-corrected chi connectivity index (χ1v) is 7.32. The Balaban J connectivity index is 1.89. The number of hydrogen-bond donors (Lipinski definition) is 1. The van der Waals surface area contributed by atoms with Crippen molar-refractivity contribution in [2.45, 2.75) is 32.9 Å². The molecule has 0 radical (unpaired) electrons. The van der Waals surface area contributed by atoms with Gasteiger partial charge in [-0.15, -0.1) is 0 Å². The summed E-state index contributed by atoms with van der Waals surface area (Å²) in [5.74, 6) is 0.460. The topological polar surface area (TPSA) is 41.6 Å². The maximum absolute atomic E-state index is 13.6. The van der Waals surface area contributed by atoms with E-state index in [2.05, 4.69) is 12.2 Å². The fourth-order valence-corrected chi connectivity index (χ4v) is 2.80. The third kappa shape index (κ3) is 3.94. The highest BCUT2D eigenvalue weighted by Crippen LogP contribution is 2.20. The second kappa shape index (κ2) is 6.89. The van der Waals surface area contributed by atoms with Crippen LogP contribution in [0.2, 0.25) is 0 Å². The number of rotatable bonds is 4. The molecule has 21 heavy (non-hydrogen) atoms. The van der Waals surface area contributed by atoms with E-state index in [-0.39, 0.29) is 17.5 Å². The van der Waals surface area contributed by atoms with Crippen LogP contribution in [-0.4, -0.2) is 37.0 Å². The lowest BCUT2D eigenvalue weighted by Crippen LogP contribution is -2.49. The molecule has 0 spiro atoms. The number of benzene rings is 1. The number of carbonyl (C=O) groups excluding carboxylic acids is 1. The molecule has 1 aromatic rings. The summed E-state index contributed by atoms with van der Waals surface area (Å²) in [6.07, 6.45) is 0.930. The van der Waals surface area contributed by atoms with Crippen LogP contribution in [0.4, 0.5) is 4.39 Å². The van der Waals surface area contributed by atoms with Gasteiger partial charge in [0, 0.05) is 32.6 Å². The maximum Gasteiger partial charge on any atom is 0.219 e. The summed E-state index contributed by atoms with van der Waals surface area (Å²) < 4.78 is 18.5. The third-order valence-electron chi connectivity index (χ3n) is 4.14. The molecule has 1 aliphatic rings. The lowest BCUT2D eigenvalue weighted by Gasteiger charge is -2.37. The molecule has 1 amide bonds. The van der Waals surface area contributed by atoms with Gasteiger partial charge in [-0.05, 0) is 30.0 Å². The van der Waals surface area contributed by atoms with Gasteiger partial charge in [0.1, 0.15) is 0 Å². The highest BCUT2D eigenvalue weighted by Gasteiger charge is 2.26. The van der Waals surface area contributed by atoms with Crippen LogP contribution < -0.4 is 10.1 Å². The molecule has 1 aliphatic heterocycles. The molecule has 0 unspecified atom stereocenters. The van der Waals surface area contributed by atoms with Gasteiger partial charge in [-0.2, -0.15) is 0 Å². The van der Waals surface area contributed by atoms with Crippen LogP contribution in [0.3, 0.4) is 0 Å². The molecule has 2 rings (SSSR count). The fourth-order valence-electron chi connectivity index (χ4n) is 2.80. The molecule has 116 valence electrons.